The standard InChI is InChI=1S/C14H17FN2O3S2/c1-17-12-7-6-11(8-13(12)21-14(17)18)22(19,20)16-10-4-2-9(15)3-5-10/h6-10,16H,2-5H2,1H3. The molecule has 1 saturated carbocycles. The number of benzene rings is 1. The normalized spacial score (nSPS) is 23.0. The summed E-state index contributed by atoms with van der Waals surface area (Å²) in [4.78, 5) is 11.6. The Bertz CT molecular complexity index is 849. The van der Waals surface area contributed by atoms with Crippen molar-refractivity contribution in [3.05, 3.63) is 27.9 Å². The van der Waals surface area contributed by atoms with E-state index in [0.29, 0.717) is 35.9 Å². The SMILES string of the molecule is Cn1c(=O)sc2cc(S(=O)(=O)NC3CCC(F)CC3)ccc21. The molecule has 1 aromatic heterocycles. The predicted molar refractivity (Wildman–Crippen MR) is 84.5 cm³/mol. The number of sulfonamides is 1. The van der Waals surface area contributed by atoms with Crippen molar-refractivity contribution in [1.29, 1.82) is 0 Å². The average Bonchev–Trinajstić information content (AvgIpc) is 2.76. The van der Waals surface area contributed by atoms with Crippen molar-refractivity contribution in [1.82, 2.24) is 9.29 Å². The molecule has 0 unspecified atom stereocenters. The highest BCUT2D eigenvalue weighted by atomic mass is 32.2. The molecule has 0 atom stereocenters. The number of aromatic nitrogens is 1. The number of halogens is 1. The zero-order valence-electron chi connectivity index (χ0n) is 12.1. The van der Waals surface area contributed by atoms with Gasteiger partial charge < -0.3 is 4.57 Å². The summed E-state index contributed by atoms with van der Waals surface area (Å²) in [6.45, 7) is 0. The summed E-state index contributed by atoms with van der Waals surface area (Å²) in [7, 11) is -1.99. The van der Waals surface area contributed by atoms with Gasteiger partial charge in [-0.3, -0.25) is 4.79 Å². The fourth-order valence-corrected chi connectivity index (χ4v) is 5.06. The number of fused-ring (bicyclic) bond motifs is 1. The summed E-state index contributed by atoms with van der Waals surface area (Å²) in [5, 5.41) is 0. The lowest BCUT2D eigenvalue weighted by molar-refractivity contribution is 0.230. The Hall–Kier alpha value is -1.25. The lowest BCUT2D eigenvalue weighted by Gasteiger charge is -2.24. The third-order valence-corrected chi connectivity index (χ3v) is 6.57. The minimum absolute atomic E-state index is 0.126. The minimum Gasteiger partial charge on any atom is -0.302 e. The molecule has 5 nitrogen and oxygen atoms in total. The molecule has 120 valence electrons. The summed E-state index contributed by atoms with van der Waals surface area (Å²) in [5.41, 5.74) is 0.715. The van der Waals surface area contributed by atoms with E-state index < -0.39 is 16.2 Å². The summed E-state index contributed by atoms with van der Waals surface area (Å²) >= 11 is 1.02. The third kappa shape index (κ3) is 2.95. The summed E-state index contributed by atoms with van der Waals surface area (Å²) < 4.78 is 42.8. The van der Waals surface area contributed by atoms with Crippen LogP contribution in [0.5, 0.6) is 0 Å². The van der Waals surface area contributed by atoms with Crippen LogP contribution in [0.3, 0.4) is 0 Å². The molecule has 0 spiro atoms. The monoisotopic (exact) mass is 344 g/mol. The molecule has 0 radical (unpaired) electrons. The molecule has 1 heterocycles. The molecular formula is C14H17FN2O3S2. The number of thiazole rings is 1. The molecule has 1 aliphatic rings. The molecular weight excluding hydrogens is 327 g/mol. The van der Waals surface area contributed by atoms with Crippen molar-refractivity contribution in [2.45, 2.75) is 42.8 Å². The van der Waals surface area contributed by atoms with Crippen LogP contribution in [0.2, 0.25) is 0 Å². The summed E-state index contributed by atoms with van der Waals surface area (Å²) in [6, 6.07) is 4.43. The summed E-state index contributed by atoms with van der Waals surface area (Å²) in [5.74, 6) is 0. The molecule has 1 fully saturated rings. The van der Waals surface area contributed by atoms with Gasteiger partial charge in [-0.2, -0.15) is 0 Å². The quantitative estimate of drug-likeness (QED) is 0.928. The van der Waals surface area contributed by atoms with Crippen LogP contribution in [0.25, 0.3) is 10.2 Å². The van der Waals surface area contributed by atoms with Crippen LogP contribution < -0.4 is 9.60 Å². The molecule has 0 amide bonds. The largest absolute Gasteiger partial charge is 0.307 e. The van der Waals surface area contributed by atoms with Crippen LogP contribution in [0.1, 0.15) is 25.7 Å². The van der Waals surface area contributed by atoms with E-state index >= 15 is 0 Å². The molecule has 0 aliphatic heterocycles. The van der Waals surface area contributed by atoms with Crippen LogP contribution in [0.15, 0.2) is 27.9 Å². The van der Waals surface area contributed by atoms with Crippen LogP contribution in [-0.4, -0.2) is 25.2 Å². The number of nitrogens with one attached hydrogen (secondary N) is 1. The van der Waals surface area contributed by atoms with Gasteiger partial charge in [-0.05, 0) is 43.9 Å². The number of hydrogen-bond acceptors (Lipinski definition) is 4. The second-order valence-electron chi connectivity index (χ2n) is 5.63. The first-order chi connectivity index (χ1) is 10.4. The van der Waals surface area contributed by atoms with E-state index in [4.69, 9.17) is 0 Å². The maximum atomic E-state index is 13.1. The van der Waals surface area contributed by atoms with Crippen molar-refractivity contribution in [2.75, 3.05) is 0 Å². The number of aryl methyl sites for hydroxylation is 1. The fraction of sp³-hybridized carbons (Fsp3) is 0.500. The van der Waals surface area contributed by atoms with Gasteiger partial charge in [-0.25, -0.2) is 17.5 Å². The Kier molecular flexibility index (Phi) is 4.09. The van der Waals surface area contributed by atoms with Crippen molar-refractivity contribution in [3.63, 3.8) is 0 Å². The van der Waals surface area contributed by atoms with E-state index in [1.165, 1.54) is 16.7 Å². The van der Waals surface area contributed by atoms with Crippen molar-refractivity contribution >= 4 is 31.6 Å². The summed E-state index contributed by atoms with van der Waals surface area (Å²) in [6.07, 6.45) is 1.00. The predicted octanol–water partition coefficient (Wildman–Crippen LogP) is 2.16. The maximum Gasteiger partial charge on any atom is 0.307 e. The Labute approximate surface area is 131 Å². The lowest BCUT2D eigenvalue weighted by Crippen LogP contribution is -2.37. The number of nitrogens with zero attached hydrogens (tertiary/aromatic N) is 1. The van der Waals surface area contributed by atoms with Crippen LogP contribution in [0, 0.1) is 0 Å². The van der Waals surface area contributed by atoms with E-state index in [9.17, 15) is 17.6 Å². The molecule has 1 N–H and O–H groups in total. The fourth-order valence-electron chi connectivity index (χ4n) is 2.74. The van der Waals surface area contributed by atoms with Gasteiger partial charge in [0.1, 0.15) is 6.17 Å². The third-order valence-electron chi connectivity index (χ3n) is 4.05. The van der Waals surface area contributed by atoms with Gasteiger partial charge in [-0.15, -0.1) is 0 Å². The van der Waals surface area contributed by atoms with Gasteiger partial charge in [-0.1, -0.05) is 11.3 Å². The van der Waals surface area contributed by atoms with Gasteiger partial charge >= 0.3 is 4.87 Å². The topological polar surface area (TPSA) is 68.2 Å². The number of hydrogen-bond donors (Lipinski definition) is 1. The molecule has 3 rings (SSSR count). The van der Waals surface area contributed by atoms with E-state index in [2.05, 4.69) is 4.72 Å². The van der Waals surface area contributed by atoms with Crippen LogP contribution in [-0.2, 0) is 17.1 Å². The van der Waals surface area contributed by atoms with Gasteiger partial charge in [0.2, 0.25) is 10.0 Å². The molecule has 1 aromatic carbocycles. The maximum absolute atomic E-state index is 13.1. The molecule has 1 aliphatic carbocycles. The Morgan fingerprint density at radius 2 is 1.95 bits per heavy atom. The molecule has 0 saturated heterocycles. The zero-order valence-corrected chi connectivity index (χ0v) is 13.7. The van der Waals surface area contributed by atoms with Gasteiger partial charge in [0.25, 0.3) is 0 Å². The molecule has 8 heteroatoms. The lowest BCUT2D eigenvalue weighted by atomic mass is 9.95. The van der Waals surface area contributed by atoms with Crippen molar-refractivity contribution in [2.24, 2.45) is 7.05 Å². The van der Waals surface area contributed by atoms with E-state index in [-0.39, 0.29) is 15.8 Å². The Morgan fingerprint density at radius 3 is 2.64 bits per heavy atom. The van der Waals surface area contributed by atoms with E-state index in [1.807, 2.05) is 0 Å². The second kappa shape index (κ2) is 5.75. The zero-order chi connectivity index (χ0) is 15.9. The minimum atomic E-state index is -3.65. The second-order valence-corrected chi connectivity index (χ2v) is 8.33. The van der Waals surface area contributed by atoms with Gasteiger partial charge in [0.05, 0.1) is 15.1 Å². The highest BCUT2D eigenvalue weighted by molar-refractivity contribution is 7.89. The highest BCUT2D eigenvalue weighted by Crippen LogP contribution is 2.24. The Morgan fingerprint density at radius 1 is 1.27 bits per heavy atom. The van der Waals surface area contributed by atoms with Gasteiger partial charge in [0.15, 0.2) is 0 Å². The van der Waals surface area contributed by atoms with Gasteiger partial charge in [0, 0.05) is 13.1 Å². The first-order valence-electron chi connectivity index (χ1n) is 7.13. The smallest absolute Gasteiger partial charge is 0.302 e. The first-order valence-corrected chi connectivity index (χ1v) is 9.43. The number of alkyl halides is 1. The van der Waals surface area contributed by atoms with E-state index in [1.54, 1.807) is 13.1 Å². The van der Waals surface area contributed by atoms with Crippen molar-refractivity contribution < 1.29 is 12.8 Å². The molecule has 2 aromatic rings. The molecule has 0 bridgehead atoms. The van der Waals surface area contributed by atoms with Crippen LogP contribution in [0.4, 0.5) is 4.39 Å². The van der Waals surface area contributed by atoms with Crippen LogP contribution >= 0.6 is 11.3 Å². The number of rotatable bonds is 3. The molecule has 22 heavy (non-hydrogen) atoms. The average molecular weight is 344 g/mol. The van der Waals surface area contributed by atoms with E-state index in [0.717, 1.165) is 11.3 Å². The first kappa shape index (κ1) is 15.6. The van der Waals surface area contributed by atoms with Crippen molar-refractivity contribution in [3.8, 4) is 0 Å². The Balaban J connectivity index is 1.87. The highest BCUT2D eigenvalue weighted by Gasteiger charge is 2.25.